The molecule has 1 saturated carbocycles. The summed E-state index contributed by atoms with van der Waals surface area (Å²) in [6.07, 6.45) is 3.47. The number of nitrogens with zero attached hydrogens (tertiary/aromatic N) is 2. The molecule has 1 aromatic carbocycles. The van der Waals surface area contributed by atoms with Gasteiger partial charge < -0.3 is 14.4 Å². The number of methoxy groups -OCH3 is 1. The molecule has 5 nitrogen and oxygen atoms in total. The van der Waals surface area contributed by atoms with Gasteiger partial charge in [0.1, 0.15) is 18.2 Å². The molecule has 2 aliphatic rings. The average Bonchev–Trinajstić information content (AvgIpc) is 3.46. The van der Waals surface area contributed by atoms with Crippen LogP contribution in [-0.2, 0) is 4.74 Å². The normalized spacial score (nSPS) is 19.9. The summed E-state index contributed by atoms with van der Waals surface area (Å²) in [5.41, 5.74) is 0.235. The Morgan fingerprint density at radius 1 is 1.40 bits per heavy atom. The van der Waals surface area contributed by atoms with Crippen LogP contribution in [0.4, 0.5) is 4.39 Å². The molecule has 1 aliphatic carbocycles. The van der Waals surface area contributed by atoms with E-state index in [4.69, 9.17) is 4.74 Å². The maximum atomic E-state index is 14.3. The summed E-state index contributed by atoms with van der Waals surface area (Å²) in [5, 5.41) is 9.62. The van der Waals surface area contributed by atoms with Crippen molar-refractivity contribution in [2.75, 3.05) is 33.9 Å². The summed E-state index contributed by atoms with van der Waals surface area (Å²) in [5.74, 6) is -0.605. The van der Waals surface area contributed by atoms with E-state index in [1.165, 1.54) is 13.2 Å². The molecule has 134 valence electrons. The first kappa shape index (κ1) is 17.7. The lowest BCUT2D eigenvalue weighted by Crippen LogP contribution is -2.40. The maximum absolute atomic E-state index is 14.3. The summed E-state index contributed by atoms with van der Waals surface area (Å²) in [6, 6.07) is 5.21. The molecule has 2 fully saturated rings. The number of hydrogen-bond acceptors (Lipinski definition) is 5. The zero-order valence-corrected chi connectivity index (χ0v) is 14.7. The highest BCUT2D eigenvalue weighted by molar-refractivity contribution is 5.90. The fourth-order valence-corrected chi connectivity index (χ4v) is 3.23. The molecular formula is C19H23FN2O3. The number of ether oxygens (including phenoxy) is 2. The van der Waals surface area contributed by atoms with Gasteiger partial charge in [-0.25, -0.2) is 9.18 Å². The molecule has 1 heterocycles. The van der Waals surface area contributed by atoms with E-state index < -0.39 is 17.2 Å². The smallest absolute Gasteiger partial charge is 0.340 e. The number of rotatable bonds is 5. The maximum Gasteiger partial charge on any atom is 0.340 e. The van der Waals surface area contributed by atoms with Gasteiger partial charge in [0.25, 0.3) is 0 Å². The van der Waals surface area contributed by atoms with Gasteiger partial charge in [-0.15, -0.1) is 0 Å². The minimum atomic E-state index is -0.685. The van der Waals surface area contributed by atoms with Crippen LogP contribution < -0.4 is 4.74 Å². The van der Waals surface area contributed by atoms with Crippen LogP contribution in [0.15, 0.2) is 12.1 Å². The van der Waals surface area contributed by atoms with E-state index in [1.807, 2.05) is 7.05 Å². The molecule has 0 aromatic heterocycles. The van der Waals surface area contributed by atoms with Gasteiger partial charge in [0, 0.05) is 6.07 Å². The summed E-state index contributed by atoms with van der Waals surface area (Å²) in [6.45, 7) is 1.94. The van der Waals surface area contributed by atoms with Crippen molar-refractivity contribution in [1.82, 2.24) is 4.90 Å². The van der Waals surface area contributed by atoms with E-state index in [-0.39, 0.29) is 18.1 Å². The molecule has 1 saturated heterocycles. The van der Waals surface area contributed by atoms with Crippen LogP contribution in [-0.4, -0.2) is 44.7 Å². The Hall–Kier alpha value is -2.13. The van der Waals surface area contributed by atoms with E-state index in [0.717, 1.165) is 44.3 Å². The van der Waals surface area contributed by atoms with Crippen molar-refractivity contribution in [1.29, 1.82) is 5.26 Å². The first-order valence-corrected chi connectivity index (χ1v) is 8.62. The molecule has 0 amide bonds. The number of benzene rings is 1. The van der Waals surface area contributed by atoms with Crippen molar-refractivity contribution in [2.45, 2.75) is 31.6 Å². The van der Waals surface area contributed by atoms with E-state index in [9.17, 15) is 14.4 Å². The van der Waals surface area contributed by atoms with Crippen molar-refractivity contribution in [2.24, 2.45) is 5.41 Å². The average molecular weight is 346 g/mol. The van der Waals surface area contributed by atoms with Gasteiger partial charge in [0.05, 0.1) is 24.2 Å². The Balaban J connectivity index is 1.81. The zero-order chi connectivity index (χ0) is 18.0. The highest BCUT2D eigenvalue weighted by Crippen LogP contribution is 2.45. The van der Waals surface area contributed by atoms with Crippen LogP contribution in [0.1, 0.15) is 47.5 Å². The van der Waals surface area contributed by atoms with E-state index in [1.54, 1.807) is 6.07 Å². The molecule has 6 heteroatoms. The van der Waals surface area contributed by atoms with E-state index in [2.05, 4.69) is 15.7 Å². The quantitative estimate of drug-likeness (QED) is 0.767. The number of likely N-dealkylation sites (tertiary alicyclic amines) is 1. The lowest BCUT2D eigenvalue weighted by Gasteiger charge is -2.35. The van der Waals surface area contributed by atoms with Crippen molar-refractivity contribution in [3.05, 3.63) is 29.1 Å². The van der Waals surface area contributed by atoms with E-state index in [0.29, 0.717) is 5.75 Å². The molecule has 0 unspecified atom stereocenters. The molecule has 0 bridgehead atoms. The van der Waals surface area contributed by atoms with Gasteiger partial charge in [0.2, 0.25) is 0 Å². The molecule has 1 aliphatic heterocycles. The summed E-state index contributed by atoms with van der Waals surface area (Å²) in [4.78, 5) is 13.9. The molecule has 25 heavy (non-hydrogen) atoms. The van der Waals surface area contributed by atoms with Gasteiger partial charge in [0.15, 0.2) is 0 Å². The zero-order valence-electron chi connectivity index (χ0n) is 14.7. The van der Waals surface area contributed by atoms with Crippen molar-refractivity contribution >= 4 is 5.97 Å². The Bertz CT molecular complexity index is 701. The van der Waals surface area contributed by atoms with Crippen LogP contribution in [0.25, 0.3) is 0 Å². The Labute approximate surface area is 147 Å². The predicted octanol–water partition coefficient (Wildman–Crippen LogP) is 3.10. The second kappa shape index (κ2) is 7.01. The Morgan fingerprint density at radius 2 is 2.08 bits per heavy atom. The molecule has 0 radical (unpaired) electrons. The van der Waals surface area contributed by atoms with Crippen LogP contribution >= 0.6 is 0 Å². The Kier molecular flexibility index (Phi) is 4.96. The van der Waals surface area contributed by atoms with Gasteiger partial charge in [-0.2, -0.15) is 5.26 Å². The topological polar surface area (TPSA) is 62.6 Å². The number of hydrogen-bond donors (Lipinski definition) is 0. The molecule has 3 rings (SSSR count). The predicted molar refractivity (Wildman–Crippen MR) is 90.0 cm³/mol. The van der Waals surface area contributed by atoms with Gasteiger partial charge >= 0.3 is 5.97 Å². The molecule has 1 aromatic rings. The monoisotopic (exact) mass is 346 g/mol. The SMILES string of the molecule is COC(=O)c1cc(C2CC2)c(OCC2(C#N)CCN(C)CC2)cc1F. The minimum absolute atomic E-state index is 0.0639. The highest BCUT2D eigenvalue weighted by atomic mass is 19.1. The summed E-state index contributed by atoms with van der Waals surface area (Å²) >= 11 is 0. The number of nitriles is 1. The number of piperidine rings is 1. The van der Waals surface area contributed by atoms with Crippen molar-refractivity contribution < 1.29 is 18.7 Å². The molecule has 0 atom stereocenters. The largest absolute Gasteiger partial charge is 0.492 e. The first-order chi connectivity index (χ1) is 12.0. The number of carbonyl (C=O) groups is 1. The molecule has 0 N–H and O–H groups in total. The second-order valence-corrected chi connectivity index (χ2v) is 7.12. The van der Waals surface area contributed by atoms with Gasteiger partial charge in [-0.05, 0) is 63.4 Å². The highest BCUT2D eigenvalue weighted by Gasteiger charge is 2.36. The van der Waals surface area contributed by atoms with Gasteiger partial charge in [-0.1, -0.05) is 0 Å². The number of halogens is 1. The Morgan fingerprint density at radius 3 is 2.64 bits per heavy atom. The molecular weight excluding hydrogens is 323 g/mol. The van der Waals surface area contributed by atoms with Crippen LogP contribution in [0.2, 0.25) is 0 Å². The second-order valence-electron chi connectivity index (χ2n) is 7.12. The number of carbonyl (C=O) groups excluding carboxylic acids is 1. The third-order valence-electron chi connectivity index (χ3n) is 5.21. The molecule has 0 spiro atoms. The fourth-order valence-electron chi connectivity index (χ4n) is 3.23. The number of esters is 1. The first-order valence-electron chi connectivity index (χ1n) is 8.62. The standard InChI is InChI=1S/C19H23FN2O3/c1-22-7-5-19(11-21,6-8-22)12-25-17-10-16(20)15(18(23)24-2)9-14(17)13-3-4-13/h9-10,13H,3-8,12H2,1-2H3. The fraction of sp³-hybridized carbons (Fsp3) is 0.579. The van der Waals surface area contributed by atoms with Crippen LogP contribution in [0.3, 0.4) is 0 Å². The van der Waals surface area contributed by atoms with Crippen molar-refractivity contribution in [3.8, 4) is 11.8 Å². The van der Waals surface area contributed by atoms with E-state index >= 15 is 0 Å². The lowest BCUT2D eigenvalue weighted by molar-refractivity contribution is 0.0595. The minimum Gasteiger partial charge on any atom is -0.492 e. The summed E-state index contributed by atoms with van der Waals surface area (Å²) < 4.78 is 24.9. The van der Waals surface area contributed by atoms with Crippen LogP contribution in [0, 0.1) is 22.6 Å². The van der Waals surface area contributed by atoms with Crippen LogP contribution in [0.5, 0.6) is 5.75 Å². The third-order valence-corrected chi connectivity index (χ3v) is 5.21. The van der Waals surface area contributed by atoms with Gasteiger partial charge in [-0.3, -0.25) is 0 Å². The lowest BCUT2D eigenvalue weighted by atomic mass is 9.81. The third kappa shape index (κ3) is 3.77. The summed E-state index contributed by atoms with van der Waals surface area (Å²) in [7, 11) is 3.27. The van der Waals surface area contributed by atoms with Crippen molar-refractivity contribution in [3.63, 3.8) is 0 Å².